The molecule has 126 valence electrons. The van der Waals surface area contributed by atoms with Crippen LogP contribution in [0.15, 0.2) is 55.1 Å². The summed E-state index contributed by atoms with van der Waals surface area (Å²) in [5.41, 5.74) is 3.73. The number of hydrogen-bond acceptors (Lipinski definition) is 5. The molecule has 25 heavy (non-hydrogen) atoms. The quantitative estimate of drug-likeness (QED) is 0.750. The van der Waals surface area contributed by atoms with Crippen molar-refractivity contribution in [3.8, 4) is 17.5 Å². The highest BCUT2D eigenvalue weighted by Gasteiger charge is 2.09. The molecule has 6 nitrogen and oxygen atoms in total. The molecule has 0 saturated carbocycles. The summed E-state index contributed by atoms with van der Waals surface area (Å²) in [7, 11) is 1.64. The van der Waals surface area contributed by atoms with Gasteiger partial charge in [0.05, 0.1) is 24.4 Å². The highest BCUT2D eigenvalue weighted by Crippen LogP contribution is 2.21. The summed E-state index contributed by atoms with van der Waals surface area (Å²) in [6, 6.07) is 15.9. The van der Waals surface area contributed by atoms with Gasteiger partial charge in [0, 0.05) is 18.2 Å². The molecule has 0 fully saturated rings. The monoisotopic (exact) mass is 333 g/mol. The second kappa shape index (κ2) is 7.60. The summed E-state index contributed by atoms with van der Waals surface area (Å²) < 4.78 is 7.10. The van der Waals surface area contributed by atoms with Gasteiger partial charge in [-0.05, 0) is 42.8 Å². The molecule has 0 radical (unpaired) electrons. The first-order chi connectivity index (χ1) is 12.2. The molecule has 3 rings (SSSR count). The topological polar surface area (TPSA) is 75.8 Å². The molecule has 1 atom stereocenters. The Morgan fingerprint density at radius 1 is 1.24 bits per heavy atom. The van der Waals surface area contributed by atoms with E-state index in [1.165, 1.54) is 11.9 Å². The summed E-state index contributed by atoms with van der Waals surface area (Å²) >= 11 is 0. The lowest BCUT2D eigenvalue weighted by atomic mass is 10.1. The van der Waals surface area contributed by atoms with Crippen LogP contribution in [-0.2, 0) is 6.54 Å². The van der Waals surface area contributed by atoms with Crippen LogP contribution in [0, 0.1) is 11.3 Å². The first-order valence-corrected chi connectivity index (χ1v) is 7.96. The third-order valence-corrected chi connectivity index (χ3v) is 4.08. The maximum absolute atomic E-state index is 9.06. The molecular formula is C19H19N5O. The van der Waals surface area contributed by atoms with Crippen molar-refractivity contribution in [1.82, 2.24) is 20.1 Å². The predicted molar refractivity (Wildman–Crippen MR) is 94.3 cm³/mol. The maximum atomic E-state index is 9.06. The molecule has 1 heterocycles. The lowest BCUT2D eigenvalue weighted by molar-refractivity contribution is 0.406. The summed E-state index contributed by atoms with van der Waals surface area (Å²) in [5, 5.41) is 16.7. The second-order valence-corrected chi connectivity index (χ2v) is 5.67. The zero-order chi connectivity index (χ0) is 17.6. The normalized spacial score (nSPS) is 11.7. The van der Waals surface area contributed by atoms with Crippen molar-refractivity contribution < 1.29 is 4.74 Å². The molecule has 2 aromatic carbocycles. The van der Waals surface area contributed by atoms with Gasteiger partial charge >= 0.3 is 0 Å². The van der Waals surface area contributed by atoms with Crippen LogP contribution in [-0.4, -0.2) is 21.9 Å². The predicted octanol–water partition coefficient (Wildman–Crippen LogP) is 3.00. The van der Waals surface area contributed by atoms with E-state index in [0.717, 1.165) is 17.0 Å². The van der Waals surface area contributed by atoms with Gasteiger partial charge in [-0.25, -0.2) is 9.67 Å². The van der Waals surface area contributed by atoms with E-state index < -0.39 is 0 Å². The molecule has 0 aliphatic heterocycles. The van der Waals surface area contributed by atoms with Gasteiger partial charge in [-0.15, -0.1) is 0 Å². The van der Waals surface area contributed by atoms with Crippen molar-refractivity contribution in [2.75, 3.05) is 7.11 Å². The number of benzene rings is 2. The number of nitrogens with one attached hydrogen (secondary N) is 1. The van der Waals surface area contributed by atoms with Crippen LogP contribution in [0.1, 0.15) is 29.7 Å². The van der Waals surface area contributed by atoms with Crippen LogP contribution >= 0.6 is 0 Å². The van der Waals surface area contributed by atoms with E-state index in [2.05, 4.69) is 40.5 Å². The number of aromatic nitrogens is 3. The van der Waals surface area contributed by atoms with Crippen molar-refractivity contribution in [3.05, 3.63) is 71.8 Å². The molecule has 0 saturated heterocycles. The van der Waals surface area contributed by atoms with Gasteiger partial charge in [0.25, 0.3) is 0 Å². The largest absolute Gasteiger partial charge is 0.496 e. The fraction of sp³-hybridized carbons (Fsp3) is 0.211. The van der Waals surface area contributed by atoms with Gasteiger partial charge in [-0.3, -0.25) is 0 Å². The molecule has 1 aromatic heterocycles. The molecule has 1 N–H and O–H groups in total. The minimum absolute atomic E-state index is 0.153. The minimum Gasteiger partial charge on any atom is -0.496 e. The van der Waals surface area contributed by atoms with Crippen LogP contribution < -0.4 is 10.1 Å². The average molecular weight is 333 g/mol. The van der Waals surface area contributed by atoms with E-state index in [0.29, 0.717) is 12.1 Å². The van der Waals surface area contributed by atoms with Gasteiger partial charge < -0.3 is 10.1 Å². The molecule has 6 heteroatoms. The Morgan fingerprint density at radius 3 is 2.68 bits per heavy atom. The Labute approximate surface area is 146 Å². The van der Waals surface area contributed by atoms with Crippen LogP contribution in [0.5, 0.6) is 5.75 Å². The Balaban J connectivity index is 1.68. The van der Waals surface area contributed by atoms with E-state index in [1.807, 2.05) is 24.3 Å². The van der Waals surface area contributed by atoms with Gasteiger partial charge in [-0.2, -0.15) is 10.4 Å². The first-order valence-electron chi connectivity index (χ1n) is 7.96. The van der Waals surface area contributed by atoms with Crippen LogP contribution in [0.4, 0.5) is 0 Å². The van der Waals surface area contributed by atoms with E-state index in [-0.39, 0.29) is 6.04 Å². The number of ether oxygens (including phenoxy) is 1. The lowest BCUT2D eigenvalue weighted by Gasteiger charge is -2.16. The van der Waals surface area contributed by atoms with Crippen molar-refractivity contribution in [3.63, 3.8) is 0 Å². The first kappa shape index (κ1) is 16.7. The second-order valence-electron chi connectivity index (χ2n) is 5.67. The standard InChI is InChI=1S/C19H19N5O/c1-14(16-4-6-18(7-5-16)24-13-21-12-23-24)22-11-17-9-15(10-20)3-8-19(17)25-2/h3-9,12-14,22H,11H2,1-2H3/t14-/m0/s1. The van der Waals surface area contributed by atoms with Crippen molar-refractivity contribution >= 4 is 0 Å². The maximum Gasteiger partial charge on any atom is 0.138 e. The van der Waals surface area contributed by atoms with Gasteiger partial charge in [0.2, 0.25) is 0 Å². The van der Waals surface area contributed by atoms with Gasteiger partial charge in [-0.1, -0.05) is 12.1 Å². The van der Waals surface area contributed by atoms with E-state index in [4.69, 9.17) is 10.00 Å². The number of nitriles is 1. The summed E-state index contributed by atoms with van der Waals surface area (Å²) in [4.78, 5) is 3.95. The van der Waals surface area contributed by atoms with Crippen LogP contribution in [0.3, 0.4) is 0 Å². The third-order valence-electron chi connectivity index (χ3n) is 4.08. The zero-order valence-corrected chi connectivity index (χ0v) is 14.2. The Morgan fingerprint density at radius 2 is 2.04 bits per heavy atom. The van der Waals surface area contributed by atoms with Gasteiger partial charge in [0.15, 0.2) is 0 Å². The lowest BCUT2D eigenvalue weighted by Crippen LogP contribution is -2.18. The van der Waals surface area contributed by atoms with Crippen molar-refractivity contribution in [1.29, 1.82) is 5.26 Å². The summed E-state index contributed by atoms with van der Waals surface area (Å²) in [6.45, 7) is 2.72. The van der Waals surface area contributed by atoms with E-state index in [1.54, 1.807) is 24.2 Å². The Bertz CT molecular complexity index is 866. The third kappa shape index (κ3) is 3.84. The number of rotatable bonds is 6. The minimum atomic E-state index is 0.153. The summed E-state index contributed by atoms with van der Waals surface area (Å²) in [6.07, 6.45) is 3.19. The zero-order valence-electron chi connectivity index (χ0n) is 14.2. The number of nitrogens with zero attached hydrogens (tertiary/aromatic N) is 4. The molecule has 0 amide bonds. The molecular weight excluding hydrogens is 314 g/mol. The fourth-order valence-electron chi connectivity index (χ4n) is 2.62. The number of methoxy groups -OCH3 is 1. The highest BCUT2D eigenvalue weighted by atomic mass is 16.5. The SMILES string of the molecule is COc1ccc(C#N)cc1CN[C@@H](C)c1ccc(-n2cncn2)cc1. The van der Waals surface area contributed by atoms with E-state index in [9.17, 15) is 0 Å². The smallest absolute Gasteiger partial charge is 0.138 e. The average Bonchev–Trinajstić information content (AvgIpc) is 3.20. The molecule has 0 aliphatic carbocycles. The van der Waals surface area contributed by atoms with E-state index >= 15 is 0 Å². The fourth-order valence-corrected chi connectivity index (χ4v) is 2.62. The molecule has 0 unspecified atom stereocenters. The van der Waals surface area contributed by atoms with Crippen LogP contribution in [0.25, 0.3) is 5.69 Å². The molecule has 0 aliphatic rings. The van der Waals surface area contributed by atoms with Crippen molar-refractivity contribution in [2.24, 2.45) is 0 Å². The Hall–Kier alpha value is -3.17. The molecule has 0 spiro atoms. The molecule has 3 aromatic rings. The number of hydrogen-bond donors (Lipinski definition) is 1. The van der Waals surface area contributed by atoms with Crippen molar-refractivity contribution in [2.45, 2.75) is 19.5 Å². The molecule has 0 bridgehead atoms. The van der Waals surface area contributed by atoms with Crippen LogP contribution in [0.2, 0.25) is 0 Å². The van der Waals surface area contributed by atoms with Gasteiger partial charge in [0.1, 0.15) is 18.4 Å². The summed E-state index contributed by atoms with van der Waals surface area (Å²) in [5.74, 6) is 0.778. The Kier molecular flexibility index (Phi) is 5.07. The highest BCUT2D eigenvalue weighted by molar-refractivity contribution is 5.42.